The van der Waals surface area contributed by atoms with Crippen molar-refractivity contribution < 1.29 is 14.5 Å². The topological polar surface area (TPSA) is 78.5 Å². The number of rotatable bonds is 5. The second kappa shape index (κ2) is 6.22. The van der Waals surface area contributed by atoms with Gasteiger partial charge >= 0.3 is 12.5 Å². The number of hydrogen-bond donors (Lipinski definition) is 0. The van der Waals surface area contributed by atoms with Crippen LogP contribution in [0.4, 0.5) is 0 Å². The number of hydrogen-bond acceptors (Lipinski definition) is 6. The molecule has 0 heterocycles. The highest BCUT2D eigenvalue weighted by Crippen LogP contribution is 2.03. The van der Waals surface area contributed by atoms with E-state index in [-0.39, 0.29) is 6.61 Å². The van der Waals surface area contributed by atoms with Gasteiger partial charge < -0.3 is 0 Å². The summed E-state index contributed by atoms with van der Waals surface area (Å²) in [5.41, 5.74) is 0.852. The van der Waals surface area contributed by atoms with Crippen molar-refractivity contribution in [1.82, 2.24) is 5.39 Å². The molecule has 1 aromatic rings. The molecule has 0 saturated heterocycles. The van der Waals surface area contributed by atoms with Crippen molar-refractivity contribution in [2.75, 3.05) is 0 Å². The van der Waals surface area contributed by atoms with Crippen molar-refractivity contribution in [3.05, 3.63) is 35.9 Å². The quantitative estimate of drug-likeness (QED) is 0.531. The van der Waals surface area contributed by atoms with Crippen LogP contribution < -0.4 is 0 Å². The maximum Gasteiger partial charge on any atom is 0.312 e. The average molecular weight is 205 g/mol. The zero-order chi connectivity index (χ0) is 10.9. The van der Waals surface area contributed by atoms with E-state index in [0.717, 1.165) is 5.56 Å². The molecule has 0 aliphatic heterocycles. The van der Waals surface area contributed by atoms with E-state index < -0.39 is 0 Å². The van der Waals surface area contributed by atoms with Crippen LogP contribution in [0, 0.1) is 23.0 Å². The van der Waals surface area contributed by atoms with Gasteiger partial charge in [-0.15, -0.1) is 10.5 Å². The molecule has 0 radical (unpaired) electrons. The summed E-state index contributed by atoms with van der Waals surface area (Å²) in [6, 6.07) is 9.16. The van der Waals surface area contributed by atoms with Crippen LogP contribution in [0.2, 0.25) is 0 Å². The number of benzene rings is 1. The van der Waals surface area contributed by atoms with Gasteiger partial charge in [0.2, 0.25) is 5.39 Å². The summed E-state index contributed by atoms with van der Waals surface area (Å²) < 4.78 is 0. The molecular formula is C9H7N3O3. The van der Waals surface area contributed by atoms with Gasteiger partial charge in [0, 0.05) is 0 Å². The summed E-state index contributed by atoms with van der Waals surface area (Å²) in [6.45, 7) is 0.129. The van der Waals surface area contributed by atoms with E-state index in [2.05, 4.69) is 9.68 Å². The lowest BCUT2D eigenvalue weighted by atomic mass is 10.2. The van der Waals surface area contributed by atoms with Crippen molar-refractivity contribution in [3.8, 4) is 12.5 Å². The third kappa shape index (κ3) is 3.96. The third-order valence-corrected chi connectivity index (χ3v) is 1.41. The molecule has 0 unspecified atom stereocenters. The van der Waals surface area contributed by atoms with Gasteiger partial charge in [-0.3, -0.25) is 9.68 Å². The SMILES string of the molecule is N#CON(OC#N)OCc1ccccc1. The fourth-order valence-corrected chi connectivity index (χ4v) is 0.839. The second-order valence-corrected chi connectivity index (χ2v) is 2.35. The maximum absolute atomic E-state index is 8.18. The zero-order valence-electron chi connectivity index (χ0n) is 7.66. The van der Waals surface area contributed by atoms with Crippen molar-refractivity contribution in [2.45, 2.75) is 6.61 Å². The summed E-state index contributed by atoms with van der Waals surface area (Å²) in [7, 11) is 0. The molecule has 6 nitrogen and oxygen atoms in total. The van der Waals surface area contributed by atoms with Crippen molar-refractivity contribution in [1.29, 1.82) is 10.5 Å². The summed E-state index contributed by atoms with van der Waals surface area (Å²) in [5.74, 6) is 0. The molecule has 0 spiro atoms. The lowest BCUT2D eigenvalue weighted by Gasteiger charge is -2.10. The normalized spacial score (nSPS) is 9.00. The first-order valence-corrected chi connectivity index (χ1v) is 3.96. The van der Waals surface area contributed by atoms with Crippen molar-refractivity contribution >= 4 is 0 Å². The van der Waals surface area contributed by atoms with Crippen molar-refractivity contribution in [2.24, 2.45) is 0 Å². The predicted octanol–water partition coefficient (Wildman–Crippen LogP) is 1.25. The van der Waals surface area contributed by atoms with Crippen LogP contribution in [-0.2, 0) is 21.1 Å². The highest BCUT2D eigenvalue weighted by Gasteiger charge is 2.07. The molecule has 1 rings (SSSR count). The van der Waals surface area contributed by atoms with Crippen LogP contribution in [0.1, 0.15) is 5.56 Å². The fourth-order valence-electron chi connectivity index (χ4n) is 0.839. The second-order valence-electron chi connectivity index (χ2n) is 2.35. The molecule has 0 N–H and O–H groups in total. The van der Waals surface area contributed by atoms with E-state index in [1.165, 1.54) is 12.5 Å². The minimum absolute atomic E-state index is 0.129. The summed E-state index contributed by atoms with van der Waals surface area (Å²) in [5, 5.41) is 16.7. The van der Waals surface area contributed by atoms with Gasteiger partial charge in [0.25, 0.3) is 0 Å². The molecule has 0 bridgehead atoms. The van der Waals surface area contributed by atoms with Crippen LogP contribution >= 0.6 is 0 Å². The van der Waals surface area contributed by atoms with Gasteiger partial charge in [0.15, 0.2) is 0 Å². The zero-order valence-corrected chi connectivity index (χ0v) is 7.66. The van der Waals surface area contributed by atoms with Gasteiger partial charge in [-0.2, -0.15) is 0 Å². The van der Waals surface area contributed by atoms with Crippen LogP contribution in [0.25, 0.3) is 0 Å². The first kappa shape index (κ1) is 10.8. The molecule has 6 heteroatoms. The van der Waals surface area contributed by atoms with Gasteiger partial charge in [0.1, 0.15) is 6.61 Å². The van der Waals surface area contributed by atoms with Gasteiger partial charge in [-0.25, -0.2) is 4.84 Å². The molecule has 0 aliphatic rings. The standard InChI is InChI=1S/C9H7N3O3/c10-7-14-12(15-8-11)13-6-9-4-2-1-3-5-9/h1-5H,6H2. The Balaban J connectivity index is 2.41. The average Bonchev–Trinajstić information content (AvgIpc) is 2.28. The Morgan fingerprint density at radius 1 is 1.07 bits per heavy atom. The molecule has 0 aliphatic carbocycles. The van der Waals surface area contributed by atoms with Crippen LogP contribution in [0.5, 0.6) is 0 Å². The van der Waals surface area contributed by atoms with Crippen LogP contribution in [-0.4, -0.2) is 5.39 Å². The van der Waals surface area contributed by atoms with Gasteiger partial charge in [-0.05, 0) is 5.56 Å². The lowest BCUT2D eigenvalue weighted by Crippen LogP contribution is -2.20. The van der Waals surface area contributed by atoms with E-state index in [0.29, 0.717) is 5.39 Å². The highest BCUT2D eigenvalue weighted by molar-refractivity contribution is 5.13. The van der Waals surface area contributed by atoms with Crippen LogP contribution in [0.3, 0.4) is 0 Å². The molecule has 0 fully saturated rings. The van der Waals surface area contributed by atoms with Crippen LogP contribution in [0.15, 0.2) is 30.3 Å². The van der Waals surface area contributed by atoms with Crippen molar-refractivity contribution in [3.63, 3.8) is 0 Å². The minimum atomic E-state index is 0.129. The first-order valence-electron chi connectivity index (χ1n) is 3.96. The van der Waals surface area contributed by atoms with E-state index in [9.17, 15) is 0 Å². The molecular weight excluding hydrogens is 198 g/mol. The Kier molecular flexibility index (Phi) is 4.47. The lowest BCUT2D eigenvalue weighted by molar-refractivity contribution is -0.487. The molecule has 0 amide bonds. The Labute approximate surface area is 86.3 Å². The van der Waals surface area contributed by atoms with E-state index in [1.54, 1.807) is 0 Å². The van der Waals surface area contributed by atoms with E-state index >= 15 is 0 Å². The van der Waals surface area contributed by atoms with E-state index in [4.69, 9.17) is 15.4 Å². The largest absolute Gasteiger partial charge is 0.312 e. The number of nitrogens with zero attached hydrogens (tertiary/aromatic N) is 3. The first-order chi connectivity index (χ1) is 7.36. The predicted molar refractivity (Wildman–Crippen MR) is 46.5 cm³/mol. The van der Waals surface area contributed by atoms with Gasteiger partial charge in [-0.1, -0.05) is 30.3 Å². The molecule has 1 aromatic carbocycles. The monoisotopic (exact) mass is 205 g/mol. The van der Waals surface area contributed by atoms with E-state index in [1.807, 2.05) is 30.3 Å². The summed E-state index contributed by atoms with van der Waals surface area (Å²) in [6.07, 6.45) is 2.63. The minimum Gasteiger partial charge on any atom is -0.264 e. The smallest absolute Gasteiger partial charge is 0.264 e. The fraction of sp³-hybridized carbons (Fsp3) is 0.111. The maximum atomic E-state index is 8.18. The molecule has 0 saturated carbocycles. The summed E-state index contributed by atoms with van der Waals surface area (Å²) >= 11 is 0. The molecule has 0 atom stereocenters. The Hall–Kier alpha value is -2.28. The number of nitriles is 2. The Morgan fingerprint density at radius 3 is 2.20 bits per heavy atom. The molecule has 0 aromatic heterocycles. The highest BCUT2D eigenvalue weighted by atomic mass is 17.2. The van der Waals surface area contributed by atoms with Gasteiger partial charge in [0.05, 0.1) is 0 Å². The Bertz CT molecular complexity index is 352. The Morgan fingerprint density at radius 2 is 1.67 bits per heavy atom. The summed E-state index contributed by atoms with van der Waals surface area (Å²) in [4.78, 5) is 13.2. The third-order valence-electron chi connectivity index (χ3n) is 1.41. The molecule has 76 valence electrons. The molecule has 15 heavy (non-hydrogen) atoms.